The van der Waals surface area contributed by atoms with Crippen molar-refractivity contribution in [3.63, 3.8) is 0 Å². The average Bonchev–Trinajstić information content (AvgIpc) is 2.33. The molecule has 0 aromatic rings. The first-order chi connectivity index (χ1) is 6.08. The van der Waals surface area contributed by atoms with Crippen LogP contribution in [-0.4, -0.2) is 22.8 Å². The van der Waals surface area contributed by atoms with Crippen molar-refractivity contribution >= 4 is 11.6 Å². The first-order valence-corrected chi connectivity index (χ1v) is 4.53. The van der Waals surface area contributed by atoms with Gasteiger partial charge in [0.15, 0.2) is 0 Å². The molecule has 0 bridgehead atoms. The number of carbonyl (C=O) groups excluding carboxylic acids is 1. The zero-order valence-corrected chi connectivity index (χ0v) is 8.08. The number of rotatable bonds is 3. The Labute approximate surface area is 78.2 Å². The highest BCUT2D eigenvalue weighted by molar-refractivity contribution is 6.08. The molecule has 0 spiro atoms. The van der Waals surface area contributed by atoms with E-state index in [1.165, 1.54) is 0 Å². The summed E-state index contributed by atoms with van der Waals surface area (Å²) in [5.41, 5.74) is 1.92. The first-order valence-electron chi connectivity index (χ1n) is 4.53. The Balaban J connectivity index is 2.55. The van der Waals surface area contributed by atoms with Crippen molar-refractivity contribution in [3.05, 3.63) is 11.6 Å². The molecule has 0 unspecified atom stereocenters. The Morgan fingerprint density at radius 1 is 1.69 bits per heavy atom. The maximum atomic E-state index is 10.8. The SMILES string of the molecule is C/C(=C\C1=NC(=O)CC1)C[C@@H](C)O. The zero-order valence-electron chi connectivity index (χ0n) is 8.08. The van der Waals surface area contributed by atoms with Crippen molar-refractivity contribution in [2.75, 3.05) is 0 Å². The van der Waals surface area contributed by atoms with Crippen LogP contribution in [0.15, 0.2) is 16.6 Å². The van der Waals surface area contributed by atoms with Crippen LogP contribution in [0.5, 0.6) is 0 Å². The highest BCUT2D eigenvalue weighted by Gasteiger charge is 2.11. The summed E-state index contributed by atoms with van der Waals surface area (Å²) in [5, 5.41) is 9.10. The van der Waals surface area contributed by atoms with E-state index in [1.807, 2.05) is 13.0 Å². The number of carbonyl (C=O) groups is 1. The van der Waals surface area contributed by atoms with E-state index in [-0.39, 0.29) is 12.0 Å². The van der Waals surface area contributed by atoms with E-state index in [0.29, 0.717) is 12.8 Å². The quantitative estimate of drug-likeness (QED) is 0.716. The second-order valence-electron chi connectivity index (χ2n) is 3.54. The maximum Gasteiger partial charge on any atom is 0.246 e. The molecule has 3 nitrogen and oxygen atoms in total. The number of hydrogen-bond acceptors (Lipinski definition) is 2. The predicted molar refractivity (Wildman–Crippen MR) is 51.7 cm³/mol. The van der Waals surface area contributed by atoms with Crippen LogP contribution in [0.4, 0.5) is 0 Å². The van der Waals surface area contributed by atoms with Crippen LogP contribution < -0.4 is 0 Å². The van der Waals surface area contributed by atoms with Gasteiger partial charge in [-0.15, -0.1) is 0 Å². The molecule has 1 heterocycles. The summed E-state index contributed by atoms with van der Waals surface area (Å²) in [7, 11) is 0. The number of amides is 1. The second-order valence-corrected chi connectivity index (χ2v) is 3.54. The normalized spacial score (nSPS) is 20.4. The van der Waals surface area contributed by atoms with Gasteiger partial charge in [-0.05, 0) is 32.8 Å². The van der Waals surface area contributed by atoms with Crippen molar-refractivity contribution in [3.8, 4) is 0 Å². The summed E-state index contributed by atoms with van der Waals surface area (Å²) in [4.78, 5) is 14.6. The van der Waals surface area contributed by atoms with Gasteiger partial charge in [-0.25, -0.2) is 4.99 Å². The van der Waals surface area contributed by atoms with E-state index in [4.69, 9.17) is 5.11 Å². The van der Waals surface area contributed by atoms with Crippen LogP contribution in [0.2, 0.25) is 0 Å². The van der Waals surface area contributed by atoms with Gasteiger partial charge >= 0.3 is 0 Å². The van der Waals surface area contributed by atoms with Gasteiger partial charge in [0.1, 0.15) is 0 Å². The molecule has 0 aromatic heterocycles. The van der Waals surface area contributed by atoms with E-state index in [0.717, 1.165) is 17.7 Å². The number of allylic oxidation sites excluding steroid dienone is 1. The number of hydrogen-bond donors (Lipinski definition) is 1. The van der Waals surface area contributed by atoms with Crippen LogP contribution in [0.3, 0.4) is 0 Å². The molecule has 0 saturated carbocycles. The molecule has 0 radical (unpaired) electrons. The molecular weight excluding hydrogens is 166 g/mol. The minimum atomic E-state index is -0.325. The average molecular weight is 181 g/mol. The Hall–Kier alpha value is -0.960. The number of nitrogens with zero attached hydrogens (tertiary/aromatic N) is 1. The minimum absolute atomic E-state index is 0.0314. The Morgan fingerprint density at radius 2 is 2.38 bits per heavy atom. The van der Waals surface area contributed by atoms with E-state index < -0.39 is 0 Å². The lowest BCUT2D eigenvalue weighted by molar-refractivity contribution is -0.117. The van der Waals surface area contributed by atoms with E-state index in [9.17, 15) is 4.79 Å². The Kier molecular flexibility index (Phi) is 3.37. The highest BCUT2D eigenvalue weighted by Crippen LogP contribution is 2.11. The molecule has 0 fully saturated rings. The third kappa shape index (κ3) is 3.51. The van der Waals surface area contributed by atoms with Crippen molar-refractivity contribution in [1.82, 2.24) is 0 Å². The lowest BCUT2D eigenvalue weighted by atomic mass is 10.1. The highest BCUT2D eigenvalue weighted by atomic mass is 16.3. The van der Waals surface area contributed by atoms with Gasteiger partial charge in [-0.2, -0.15) is 0 Å². The summed E-state index contributed by atoms with van der Waals surface area (Å²) in [6.07, 6.45) is 3.50. The Morgan fingerprint density at radius 3 is 2.85 bits per heavy atom. The maximum absolute atomic E-state index is 10.8. The number of aliphatic imine (C=N–C) groups is 1. The summed E-state index contributed by atoms with van der Waals surface area (Å²) in [6.45, 7) is 3.69. The molecule has 1 atom stereocenters. The van der Waals surface area contributed by atoms with Crippen LogP contribution >= 0.6 is 0 Å². The molecular formula is C10H15NO2. The van der Waals surface area contributed by atoms with Crippen molar-refractivity contribution < 1.29 is 9.90 Å². The zero-order chi connectivity index (χ0) is 9.84. The molecule has 1 aliphatic heterocycles. The van der Waals surface area contributed by atoms with Gasteiger partial charge in [-0.1, -0.05) is 5.57 Å². The van der Waals surface area contributed by atoms with Crippen molar-refractivity contribution in [1.29, 1.82) is 0 Å². The molecule has 1 amide bonds. The molecule has 1 rings (SSSR count). The molecule has 3 heteroatoms. The standard InChI is InChI=1S/C10H15NO2/c1-7(5-8(2)12)6-9-3-4-10(13)11-9/h6,8,12H,3-5H2,1-2H3/b7-6+/t8-/m1/s1. The topological polar surface area (TPSA) is 49.7 Å². The van der Waals surface area contributed by atoms with Gasteiger partial charge < -0.3 is 5.11 Å². The summed E-state index contributed by atoms with van der Waals surface area (Å²) < 4.78 is 0. The number of aliphatic hydroxyl groups excluding tert-OH is 1. The van der Waals surface area contributed by atoms with E-state index in [2.05, 4.69) is 4.99 Å². The predicted octanol–water partition coefficient (Wildman–Crippen LogP) is 1.47. The molecule has 0 saturated heterocycles. The molecule has 0 aliphatic carbocycles. The largest absolute Gasteiger partial charge is 0.393 e. The van der Waals surface area contributed by atoms with Crippen LogP contribution in [0.25, 0.3) is 0 Å². The Bertz CT molecular complexity index is 264. The first kappa shape index (κ1) is 10.1. The minimum Gasteiger partial charge on any atom is -0.393 e. The van der Waals surface area contributed by atoms with Gasteiger partial charge in [0.05, 0.1) is 6.10 Å². The summed E-state index contributed by atoms with van der Waals surface area (Å²) in [6, 6.07) is 0. The van der Waals surface area contributed by atoms with Gasteiger partial charge in [0.2, 0.25) is 5.91 Å². The van der Waals surface area contributed by atoms with Gasteiger partial charge in [0, 0.05) is 12.1 Å². The lowest BCUT2D eigenvalue weighted by Crippen LogP contribution is -2.00. The molecule has 13 heavy (non-hydrogen) atoms. The monoisotopic (exact) mass is 181 g/mol. The fraction of sp³-hybridized carbons (Fsp3) is 0.600. The molecule has 1 aliphatic rings. The van der Waals surface area contributed by atoms with Crippen molar-refractivity contribution in [2.45, 2.75) is 39.2 Å². The third-order valence-electron chi connectivity index (χ3n) is 1.89. The van der Waals surface area contributed by atoms with Gasteiger partial charge in [-0.3, -0.25) is 4.79 Å². The lowest BCUT2D eigenvalue weighted by Gasteiger charge is -2.03. The van der Waals surface area contributed by atoms with Crippen molar-refractivity contribution in [2.24, 2.45) is 4.99 Å². The molecule has 1 N–H and O–H groups in total. The van der Waals surface area contributed by atoms with Crippen LogP contribution in [0.1, 0.15) is 33.1 Å². The third-order valence-corrected chi connectivity index (χ3v) is 1.89. The molecule has 72 valence electrons. The fourth-order valence-electron chi connectivity index (χ4n) is 1.42. The van der Waals surface area contributed by atoms with Crippen LogP contribution in [-0.2, 0) is 4.79 Å². The van der Waals surface area contributed by atoms with Crippen LogP contribution in [0, 0.1) is 0 Å². The van der Waals surface area contributed by atoms with Gasteiger partial charge in [0.25, 0.3) is 0 Å². The van der Waals surface area contributed by atoms with E-state index >= 15 is 0 Å². The smallest absolute Gasteiger partial charge is 0.246 e. The molecule has 0 aromatic carbocycles. The number of aliphatic hydroxyl groups is 1. The fourth-order valence-corrected chi connectivity index (χ4v) is 1.42. The summed E-state index contributed by atoms with van der Waals surface area (Å²) >= 11 is 0. The second kappa shape index (κ2) is 4.33. The van der Waals surface area contributed by atoms with E-state index in [1.54, 1.807) is 6.92 Å². The summed E-state index contributed by atoms with van der Waals surface area (Å²) in [5.74, 6) is -0.0314.